The van der Waals surface area contributed by atoms with Crippen LogP contribution in [0, 0.1) is 11.6 Å². The lowest BCUT2D eigenvalue weighted by Crippen LogP contribution is -2.46. The molecule has 3 heterocycles. The SMILES string of the molecule is Fc1ccc(C2C(OCCc3cc(F)cc(C(F)(F)F)c3)OCCN2Cc2nn[nH]c2CN2CCCC2)cc1. The number of likely N-dealkylation sites (tertiary alicyclic amines) is 1. The molecule has 2 saturated heterocycles. The number of nitrogens with one attached hydrogen (secondary N) is 1. The van der Waals surface area contributed by atoms with Crippen LogP contribution in [0.2, 0.25) is 0 Å². The van der Waals surface area contributed by atoms with Crippen LogP contribution in [0.1, 0.15) is 47.0 Å². The van der Waals surface area contributed by atoms with Crippen LogP contribution in [-0.2, 0) is 35.2 Å². The number of alkyl halides is 3. The third kappa shape index (κ3) is 6.99. The summed E-state index contributed by atoms with van der Waals surface area (Å²) < 4.78 is 78.8. The molecule has 0 amide bonds. The first-order chi connectivity index (χ1) is 18.8. The van der Waals surface area contributed by atoms with Crippen molar-refractivity contribution < 1.29 is 31.4 Å². The van der Waals surface area contributed by atoms with E-state index in [2.05, 4.69) is 25.2 Å². The third-order valence-electron chi connectivity index (χ3n) is 7.12. The molecule has 0 radical (unpaired) electrons. The molecule has 1 aromatic heterocycles. The number of hydrogen-bond donors (Lipinski definition) is 1. The Bertz CT molecular complexity index is 1230. The summed E-state index contributed by atoms with van der Waals surface area (Å²) in [5.41, 5.74) is 1.62. The Kier molecular flexibility index (Phi) is 8.55. The van der Waals surface area contributed by atoms with Gasteiger partial charge in [0.25, 0.3) is 0 Å². The minimum absolute atomic E-state index is 0.00111. The standard InChI is InChI=1S/C27H30F5N5O2/c28-21-5-3-19(4-6-21)25-26(38-11-7-18-13-20(27(30,31)32)15-22(29)14-18)39-12-10-37(25)17-24-23(33-35-34-24)16-36-8-1-2-9-36/h3-6,13-15,25-26H,1-2,7-12,16-17H2,(H,33,34,35). The number of ether oxygens (including phenoxy) is 2. The zero-order valence-electron chi connectivity index (χ0n) is 21.3. The Labute approximate surface area is 222 Å². The van der Waals surface area contributed by atoms with Crippen LogP contribution in [0.15, 0.2) is 42.5 Å². The fraction of sp³-hybridized carbons (Fsp3) is 0.481. The van der Waals surface area contributed by atoms with Gasteiger partial charge in [0.1, 0.15) is 17.3 Å². The minimum Gasteiger partial charge on any atom is -0.350 e. The molecular formula is C27H30F5N5O2. The van der Waals surface area contributed by atoms with Gasteiger partial charge in [-0.15, -0.1) is 5.10 Å². The zero-order valence-corrected chi connectivity index (χ0v) is 21.3. The Hall–Kier alpha value is -2.93. The van der Waals surface area contributed by atoms with Crippen LogP contribution < -0.4 is 0 Å². The van der Waals surface area contributed by atoms with Gasteiger partial charge in [0.15, 0.2) is 6.29 Å². The molecule has 1 N–H and O–H groups in total. The fourth-order valence-electron chi connectivity index (χ4n) is 5.17. The van der Waals surface area contributed by atoms with Crippen molar-refractivity contribution in [3.05, 3.63) is 82.2 Å². The van der Waals surface area contributed by atoms with Crippen molar-refractivity contribution in [2.45, 2.75) is 50.9 Å². The molecule has 2 aliphatic heterocycles. The van der Waals surface area contributed by atoms with Gasteiger partial charge in [-0.1, -0.05) is 17.3 Å². The monoisotopic (exact) mass is 551 g/mol. The van der Waals surface area contributed by atoms with E-state index in [1.54, 1.807) is 12.1 Å². The van der Waals surface area contributed by atoms with E-state index in [0.717, 1.165) is 48.7 Å². The van der Waals surface area contributed by atoms with Gasteiger partial charge in [-0.05, 0) is 73.8 Å². The first-order valence-electron chi connectivity index (χ1n) is 13.0. The van der Waals surface area contributed by atoms with E-state index in [4.69, 9.17) is 9.47 Å². The van der Waals surface area contributed by atoms with Crippen molar-refractivity contribution in [2.75, 3.05) is 32.8 Å². The van der Waals surface area contributed by atoms with Crippen LogP contribution in [0.4, 0.5) is 22.0 Å². The van der Waals surface area contributed by atoms with Gasteiger partial charge in [0.2, 0.25) is 0 Å². The summed E-state index contributed by atoms with van der Waals surface area (Å²) >= 11 is 0. The minimum atomic E-state index is -4.65. The molecule has 39 heavy (non-hydrogen) atoms. The Morgan fingerprint density at radius 3 is 2.49 bits per heavy atom. The summed E-state index contributed by atoms with van der Waals surface area (Å²) in [5, 5.41) is 11.4. The molecule has 0 bridgehead atoms. The van der Waals surface area contributed by atoms with Gasteiger partial charge in [-0.2, -0.15) is 13.2 Å². The maximum Gasteiger partial charge on any atom is 0.416 e. The number of morpholine rings is 1. The molecule has 2 aromatic carbocycles. The maximum atomic E-state index is 13.8. The Morgan fingerprint density at radius 2 is 1.74 bits per heavy atom. The van der Waals surface area contributed by atoms with Crippen molar-refractivity contribution >= 4 is 0 Å². The maximum absolute atomic E-state index is 13.8. The molecule has 5 rings (SSSR count). The van der Waals surface area contributed by atoms with Crippen LogP contribution in [0.25, 0.3) is 0 Å². The molecule has 0 spiro atoms. The highest BCUT2D eigenvalue weighted by molar-refractivity contribution is 5.27. The molecule has 12 heteroatoms. The average molecular weight is 552 g/mol. The topological polar surface area (TPSA) is 66.5 Å². The predicted molar refractivity (Wildman–Crippen MR) is 131 cm³/mol. The summed E-state index contributed by atoms with van der Waals surface area (Å²) in [6, 6.07) is 8.07. The smallest absolute Gasteiger partial charge is 0.350 e. The summed E-state index contributed by atoms with van der Waals surface area (Å²) in [6.45, 7) is 4.13. The number of aromatic amines is 1. The highest BCUT2D eigenvalue weighted by atomic mass is 19.4. The van der Waals surface area contributed by atoms with Gasteiger partial charge in [-0.3, -0.25) is 14.9 Å². The summed E-state index contributed by atoms with van der Waals surface area (Å²) in [5.74, 6) is -1.34. The number of H-pyrrole nitrogens is 1. The molecule has 2 aliphatic rings. The van der Waals surface area contributed by atoms with Crippen LogP contribution in [-0.4, -0.2) is 64.3 Å². The second kappa shape index (κ2) is 12.1. The highest BCUT2D eigenvalue weighted by Gasteiger charge is 2.36. The summed E-state index contributed by atoms with van der Waals surface area (Å²) in [7, 11) is 0. The first kappa shape index (κ1) is 27.6. The number of rotatable bonds is 9. The Morgan fingerprint density at radius 1 is 0.974 bits per heavy atom. The quantitative estimate of drug-likeness (QED) is 0.384. The number of halogens is 5. The van der Waals surface area contributed by atoms with E-state index in [0.29, 0.717) is 25.8 Å². The molecule has 0 aliphatic carbocycles. The molecular weight excluding hydrogens is 521 g/mol. The molecule has 0 saturated carbocycles. The van der Waals surface area contributed by atoms with Crippen molar-refractivity contribution in [2.24, 2.45) is 0 Å². The third-order valence-corrected chi connectivity index (χ3v) is 7.12. The van der Waals surface area contributed by atoms with E-state index in [1.807, 2.05) is 0 Å². The Balaban J connectivity index is 1.31. The van der Waals surface area contributed by atoms with E-state index in [1.165, 1.54) is 25.0 Å². The van der Waals surface area contributed by atoms with Crippen molar-refractivity contribution in [3.63, 3.8) is 0 Å². The summed E-state index contributed by atoms with van der Waals surface area (Å²) in [6.07, 6.45) is -3.04. The number of benzene rings is 2. The van der Waals surface area contributed by atoms with Gasteiger partial charge >= 0.3 is 6.18 Å². The first-order valence-corrected chi connectivity index (χ1v) is 13.0. The highest BCUT2D eigenvalue weighted by Crippen LogP contribution is 2.33. The van der Waals surface area contributed by atoms with Gasteiger partial charge in [0, 0.05) is 19.6 Å². The van der Waals surface area contributed by atoms with E-state index in [9.17, 15) is 22.0 Å². The second-order valence-corrected chi connectivity index (χ2v) is 9.89. The molecule has 210 valence electrons. The molecule has 7 nitrogen and oxygen atoms in total. The fourth-order valence-corrected chi connectivity index (χ4v) is 5.17. The van der Waals surface area contributed by atoms with Crippen molar-refractivity contribution in [1.29, 1.82) is 0 Å². The molecule has 2 atom stereocenters. The lowest BCUT2D eigenvalue weighted by Gasteiger charge is -2.41. The molecule has 2 fully saturated rings. The van der Waals surface area contributed by atoms with Gasteiger partial charge in [0.05, 0.1) is 30.5 Å². The molecule has 2 unspecified atom stereocenters. The van der Waals surface area contributed by atoms with E-state index in [-0.39, 0.29) is 24.4 Å². The van der Waals surface area contributed by atoms with Crippen molar-refractivity contribution in [3.8, 4) is 0 Å². The lowest BCUT2D eigenvalue weighted by atomic mass is 10.0. The van der Waals surface area contributed by atoms with Gasteiger partial charge < -0.3 is 9.47 Å². The van der Waals surface area contributed by atoms with Crippen LogP contribution in [0.3, 0.4) is 0 Å². The van der Waals surface area contributed by atoms with Crippen LogP contribution in [0.5, 0.6) is 0 Å². The van der Waals surface area contributed by atoms with Crippen LogP contribution >= 0.6 is 0 Å². The number of aromatic nitrogens is 3. The van der Waals surface area contributed by atoms with E-state index >= 15 is 0 Å². The lowest BCUT2D eigenvalue weighted by molar-refractivity contribution is -0.212. The second-order valence-electron chi connectivity index (χ2n) is 9.89. The number of hydrogen-bond acceptors (Lipinski definition) is 6. The summed E-state index contributed by atoms with van der Waals surface area (Å²) in [4.78, 5) is 4.47. The van der Waals surface area contributed by atoms with Gasteiger partial charge in [-0.25, -0.2) is 8.78 Å². The predicted octanol–water partition coefficient (Wildman–Crippen LogP) is 4.86. The molecule has 3 aromatic rings. The largest absolute Gasteiger partial charge is 0.416 e. The normalized spacial score (nSPS) is 21.1. The average Bonchev–Trinajstić information content (AvgIpc) is 3.57. The number of nitrogens with zero attached hydrogens (tertiary/aromatic N) is 4. The van der Waals surface area contributed by atoms with E-state index < -0.39 is 29.9 Å². The zero-order chi connectivity index (χ0) is 27.4. The van der Waals surface area contributed by atoms with Crippen molar-refractivity contribution in [1.82, 2.24) is 25.2 Å².